The molecule has 0 saturated heterocycles. The molecule has 2 aromatic rings. The topological polar surface area (TPSA) is 12.9 Å². The van der Waals surface area contributed by atoms with Crippen molar-refractivity contribution in [2.75, 3.05) is 0 Å². The van der Waals surface area contributed by atoms with Gasteiger partial charge in [-0.25, -0.2) is 9.37 Å². The lowest BCUT2D eigenvalue weighted by Gasteiger charge is -1.99. The quantitative estimate of drug-likeness (QED) is 0.803. The highest BCUT2D eigenvalue weighted by molar-refractivity contribution is 9.10. The zero-order chi connectivity index (χ0) is 10.8. The predicted molar refractivity (Wildman–Crippen MR) is 64.6 cm³/mol. The van der Waals surface area contributed by atoms with Gasteiger partial charge < -0.3 is 0 Å². The number of rotatable bonds is 2. The monoisotopic (exact) mass is 285 g/mol. The molecule has 0 amide bonds. The number of halogens is 2. The van der Waals surface area contributed by atoms with Crippen LogP contribution in [0.4, 0.5) is 4.39 Å². The Bertz CT molecular complexity index is 481. The van der Waals surface area contributed by atoms with Crippen LogP contribution in [0.15, 0.2) is 28.9 Å². The Kier molecular flexibility index (Phi) is 3.17. The number of nitrogens with zero attached hydrogens (tertiary/aromatic N) is 1. The van der Waals surface area contributed by atoms with Crippen LogP contribution in [0.3, 0.4) is 0 Å². The fourth-order valence-corrected chi connectivity index (χ4v) is 2.70. The Balaban J connectivity index is 2.48. The molecule has 4 heteroatoms. The smallest absolute Gasteiger partial charge is 0.124 e. The van der Waals surface area contributed by atoms with E-state index in [-0.39, 0.29) is 5.82 Å². The van der Waals surface area contributed by atoms with Gasteiger partial charge in [0.1, 0.15) is 10.8 Å². The molecule has 0 bridgehead atoms. The van der Waals surface area contributed by atoms with Gasteiger partial charge >= 0.3 is 0 Å². The summed E-state index contributed by atoms with van der Waals surface area (Å²) in [5.74, 6) is -0.235. The summed E-state index contributed by atoms with van der Waals surface area (Å²) >= 11 is 5.00. The lowest BCUT2D eigenvalue weighted by atomic mass is 10.2. The molecule has 0 aliphatic rings. The summed E-state index contributed by atoms with van der Waals surface area (Å²) in [7, 11) is 0. The highest BCUT2D eigenvalue weighted by atomic mass is 79.9. The summed E-state index contributed by atoms with van der Waals surface area (Å²) in [6, 6.07) is 4.64. The molecule has 0 atom stereocenters. The van der Waals surface area contributed by atoms with Gasteiger partial charge in [0.05, 0.1) is 0 Å². The van der Waals surface area contributed by atoms with Crippen LogP contribution < -0.4 is 0 Å². The number of benzene rings is 1. The van der Waals surface area contributed by atoms with E-state index in [1.54, 1.807) is 17.4 Å². The largest absolute Gasteiger partial charge is 0.244 e. The van der Waals surface area contributed by atoms with Crippen LogP contribution in [0.2, 0.25) is 0 Å². The second-order valence-corrected chi connectivity index (χ2v) is 5.08. The molecular formula is C11H9BrFNS. The molecular weight excluding hydrogens is 277 g/mol. The third-order valence-corrected chi connectivity index (χ3v) is 3.93. The Morgan fingerprint density at radius 3 is 2.93 bits per heavy atom. The van der Waals surface area contributed by atoms with Crippen LogP contribution >= 0.6 is 27.3 Å². The van der Waals surface area contributed by atoms with E-state index in [9.17, 15) is 4.39 Å². The van der Waals surface area contributed by atoms with Crippen molar-refractivity contribution in [3.63, 3.8) is 0 Å². The Morgan fingerprint density at radius 2 is 2.27 bits per heavy atom. The lowest BCUT2D eigenvalue weighted by molar-refractivity contribution is 0.628. The Hall–Kier alpha value is -0.740. The molecule has 1 nitrogen and oxygen atoms in total. The van der Waals surface area contributed by atoms with Gasteiger partial charge in [-0.3, -0.25) is 0 Å². The van der Waals surface area contributed by atoms with Crippen LogP contribution in [-0.2, 0) is 6.42 Å². The van der Waals surface area contributed by atoms with Gasteiger partial charge in [0.15, 0.2) is 0 Å². The first kappa shape index (κ1) is 10.8. The fourth-order valence-electron chi connectivity index (χ4n) is 1.26. The minimum absolute atomic E-state index is 0.235. The van der Waals surface area contributed by atoms with E-state index in [4.69, 9.17) is 0 Å². The van der Waals surface area contributed by atoms with Crippen molar-refractivity contribution < 1.29 is 4.39 Å². The minimum Gasteiger partial charge on any atom is -0.244 e. The van der Waals surface area contributed by atoms with Gasteiger partial charge in [-0.1, -0.05) is 22.9 Å². The Morgan fingerprint density at radius 1 is 1.47 bits per heavy atom. The predicted octanol–water partition coefficient (Wildman–Crippen LogP) is 4.27. The highest BCUT2D eigenvalue weighted by Crippen LogP contribution is 2.32. The molecule has 0 fully saturated rings. The van der Waals surface area contributed by atoms with Crippen LogP contribution in [-0.4, -0.2) is 4.98 Å². The number of aromatic nitrogens is 1. The highest BCUT2D eigenvalue weighted by Gasteiger charge is 2.08. The zero-order valence-corrected chi connectivity index (χ0v) is 10.5. The van der Waals surface area contributed by atoms with Crippen molar-refractivity contribution in [3.05, 3.63) is 39.6 Å². The molecule has 0 saturated carbocycles. The standard InChI is InChI=1S/C11H9BrFNS/c1-2-8-6-14-11(15-8)9-5-7(13)3-4-10(9)12/h3-6H,2H2,1H3. The molecule has 15 heavy (non-hydrogen) atoms. The average Bonchev–Trinajstić information content (AvgIpc) is 2.70. The fraction of sp³-hybridized carbons (Fsp3) is 0.182. The second kappa shape index (κ2) is 4.41. The van der Waals surface area contributed by atoms with Gasteiger partial charge in [-0.15, -0.1) is 11.3 Å². The van der Waals surface area contributed by atoms with Crippen LogP contribution in [0.25, 0.3) is 10.6 Å². The van der Waals surface area contributed by atoms with Crippen molar-refractivity contribution in [1.82, 2.24) is 4.98 Å². The van der Waals surface area contributed by atoms with Crippen molar-refractivity contribution >= 4 is 27.3 Å². The number of hydrogen-bond acceptors (Lipinski definition) is 2. The molecule has 1 aromatic heterocycles. The van der Waals surface area contributed by atoms with Crippen molar-refractivity contribution in [1.29, 1.82) is 0 Å². The van der Waals surface area contributed by atoms with Gasteiger partial charge in [-0.2, -0.15) is 0 Å². The van der Waals surface area contributed by atoms with Gasteiger partial charge in [0.25, 0.3) is 0 Å². The molecule has 1 heterocycles. The first-order valence-electron chi connectivity index (χ1n) is 4.61. The van der Waals surface area contributed by atoms with Crippen molar-refractivity contribution in [2.45, 2.75) is 13.3 Å². The summed E-state index contributed by atoms with van der Waals surface area (Å²) in [6.07, 6.45) is 2.81. The maximum Gasteiger partial charge on any atom is 0.124 e. The third-order valence-electron chi connectivity index (χ3n) is 2.06. The average molecular weight is 286 g/mol. The second-order valence-electron chi connectivity index (χ2n) is 3.11. The summed E-state index contributed by atoms with van der Waals surface area (Å²) in [5, 5.41) is 0.859. The van der Waals surface area contributed by atoms with E-state index in [1.165, 1.54) is 17.0 Å². The lowest BCUT2D eigenvalue weighted by Crippen LogP contribution is -1.80. The minimum atomic E-state index is -0.235. The van der Waals surface area contributed by atoms with Crippen LogP contribution in [0, 0.1) is 5.82 Å². The first-order valence-corrected chi connectivity index (χ1v) is 6.21. The normalized spacial score (nSPS) is 10.6. The summed E-state index contributed by atoms with van der Waals surface area (Å²) in [6.45, 7) is 2.08. The first-order chi connectivity index (χ1) is 7.20. The van der Waals surface area contributed by atoms with E-state index >= 15 is 0 Å². The van der Waals surface area contributed by atoms with E-state index in [0.29, 0.717) is 0 Å². The van der Waals surface area contributed by atoms with Gasteiger partial charge in [0.2, 0.25) is 0 Å². The molecule has 1 aromatic carbocycles. The van der Waals surface area contributed by atoms with E-state index in [0.717, 1.165) is 21.5 Å². The molecule has 0 N–H and O–H groups in total. The summed E-state index contributed by atoms with van der Waals surface area (Å²) < 4.78 is 14.0. The number of thiazole rings is 1. The van der Waals surface area contributed by atoms with E-state index in [2.05, 4.69) is 27.8 Å². The van der Waals surface area contributed by atoms with Crippen molar-refractivity contribution in [2.24, 2.45) is 0 Å². The summed E-state index contributed by atoms with van der Waals surface area (Å²) in [5.41, 5.74) is 0.819. The maximum atomic E-state index is 13.1. The molecule has 0 spiro atoms. The molecule has 2 rings (SSSR count). The van der Waals surface area contributed by atoms with Crippen molar-refractivity contribution in [3.8, 4) is 10.6 Å². The van der Waals surface area contributed by atoms with E-state index < -0.39 is 0 Å². The maximum absolute atomic E-state index is 13.1. The van der Waals surface area contributed by atoms with Gasteiger partial charge in [-0.05, 0) is 24.6 Å². The molecule has 0 radical (unpaired) electrons. The van der Waals surface area contributed by atoms with E-state index in [1.807, 2.05) is 6.20 Å². The molecule has 0 aliphatic heterocycles. The molecule has 78 valence electrons. The zero-order valence-electron chi connectivity index (χ0n) is 8.13. The molecule has 0 aliphatic carbocycles. The number of aryl methyl sites for hydroxylation is 1. The van der Waals surface area contributed by atoms with Crippen LogP contribution in [0.1, 0.15) is 11.8 Å². The Labute approximate surface area is 100 Å². The molecule has 0 unspecified atom stereocenters. The summed E-state index contributed by atoms with van der Waals surface area (Å²) in [4.78, 5) is 5.49. The number of hydrogen-bond donors (Lipinski definition) is 0. The third kappa shape index (κ3) is 2.26. The van der Waals surface area contributed by atoms with Crippen LogP contribution in [0.5, 0.6) is 0 Å². The SMILES string of the molecule is CCc1cnc(-c2cc(F)ccc2Br)s1. The van der Waals surface area contributed by atoms with Gasteiger partial charge in [0, 0.05) is 21.1 Å².